The van der Waals surface area contributed by atoms with Crippen LogP contribution < -0.4 is 15.4 Å². The van der Waals surface area contributed by atoms with Gasteiger partial charge in [-0.3, -0.25) is 0 Å². The fraction of sp³-hybridized carbons (Fsp3) is 0.611. The Morgan fingerprint density at radius 1 is 1.17 bits per heavy atom. The van der Waals surface area contributed by atoms with Gasteiger partial charge < -0.3 is 20.3 Å². The Morgan fingerprint density at radius 3 is 2.48 bits per heavy atom. The number of para-hydroxylation sites is 1. The van der Waals surface area contributed by atoms with Crippen molar-refractivity contribution in [3.63, 3.8) is 0 Å². The predicted molar refractivity (Wildman–Crippen MR) is 98.2 cm³/mol. The smallest absolute Gasteiger partial charge is 0.191 e. The summed E-state index contributed by atoms with van der Waals surface area (Å²) in [7, 11) is 4.17. The number of likely N-dealkylation sites (N-methyl/N-ethyl adjacent to an activating group) is 1. The van der Waals surface area contributed by atoms with Crippen LogP contribution in [0, 0.1) is 0 Å². The minimum atomic E-state index is 0.0550. The van der Waals surface area contributed by atoms with Crippen LogP contribution >= 0.6 is 0 Å². The number of guanidine groups is 1. The topological polar surface area (TPSA) is 48.9 Å². The van der Waals surface area contributed by atoms with Crippen LogP contribution in [0.4, 0.5) is 0 Å². The Labute approximate surface area is 141 Å². The maximum atomic E-state index is 5.66. The van der Waals surface area contributed by atoms with E-state index in [0.29, 0.717) is 13.2 Å². The molecule has 1 aromatic rings. The molecule has 1 aromatic carbocycles. The SMILES string of the molecule is CCNC(=NCc1ccccc1OCC)NCC(C)(C)N(C)C. The maximum absolute atomic E-state index is 5.66. The van der Waals surface area contributed by atoms with Crippen LogP contribution in [0.3, 0.4) is 0 Å². The van der Waals surface area contributed by atoms with E-state index >= 15 is 0 Å². The second-order valence-electron chi connectivity index (χ2n) is 6.30. The number of hydrogen-bond donors (Lipinski definition) is 2. The summed E-state index contributed by atoms with van der Waals surface area (Å²) in [6.07, 6.45) is 0. The van der Waals surface area contributed by atoms with Gasteiger partial charge in [-0.2, -0.15) is 0 Å². The van der Waals surface area contributed by atoms with Gasteiger partial charge in [-0.25, -0.2) is 4.99 Å². The van der Waals surface area contributed by atoms with E-state index in [4.69, 9.17) is 4.74 Å². The van der Waals surface area contributed by atoms with Gasteiger partial charge in [0.2, 0.25) is 0 Å². The van der Waals surface area contributed by atoms with Crippen molar-refractivity contribution in [3.8, 4) is 5.75 Å². The van der Waals surface area contributed by atoms with E-state index in [1.54, 1.807) is 0 Å². The molecule has 0 aliphatic heterocycles. The molecule has 0 saturated carbocycles. The summed E-state index contributed by atoms with van der Waals surface area (Å²) in [6.45, 7) is 11.4. The fourth-order valence-corrected chi connectivity index (χ4v) is 1.89. The third kappa shape index (κ3) is 6.48. The lowest BCUT2D eigenvalue weighted by atomic mass is 10.0. The van der Waals surface area contributed by atoms with Crippen molar-refractivity contribution in [1.29, 1.82) is 0 Å². The van der Waals surface area contributed by atoms with Crippen molar-refractivity contribution in [2.75, 3.05) is 33.8 Å². The molecular weight excluding hydrogens is 288 g/mol. The largest absolute Gasteiger partial charge is 0.494 e. The first-order valence-electron chi connectivity index (χ1n) is 8.31. The van der Waals surface area contributed by atoms with E-state index in [1.165, 1.54) is 0 Å². The first-order chi connectivity index (χ1) is 10.9. The molecular formula is C18H32N4O. The third-order valence-electron chi connectivity index (χ3n) is 3.92. The minimum Gasteiger partial charge on any atom is -0.494 e. The number of nitrogens with one attached hydrogen (secondary N) is 2. The lowest BCUT2D eigenvalue weighted by Crippen LogP contribution is -2.50. The van der Waals surface area contributed by atoms with Crippen LogP contribution in [0.15, 0.2) is 29.3 Å². The molecule has 0 unspecified atom stereocenters. The first-order valence-corrected chi connectivity index (χ1v) is 8.31. The van der Waals surface area contributed by atoms with E-state index in [2.05, 4.69) is 61.5 Å². The molecule has 0 atom stereocenters. The summed E-state index contributed by atoms with van der Waals surface area (Å²) < 4.78 is 5.66. The van der Waals surface area contributed by atoms with Crippen molar-refractivity contribution in [2.24, 2.45) is 4.99 Å². The molecule has 0 aliphatic rings. The Kier molecular flexibility index (Phi) is 7.89. The van der Waals surface area contributed by atoms with Gasteiger partial charge in [0.15, 0.2) is 5.96 Å². The Balaban J connectivity index is 2.76. The minimum absolute atomic E-state index is 0.0550. The standard InChI is InChI=1S/C18H32N4O/c1-7-19-17(21-14-18(3,4)22(5)6)20-13-15-11-9-10-12-16(15)23-8-2/h9-12H,7-8,13-14H2,1-6H3,(H2,19,20,21). The zero-order chi connectivity index (χ0) is 17.3. The second kappa shape index (κ2) is 9.40. The number of nitrogens with zero attached hydrogens (tertiary/aromatic N) is 2. The molecule has 5 heteroatoms. The summed E-state index contributed by atoms with van der Waals surface area (Å²) >= 11 is 0. The average Bonchev–Trinajstić information content (AvgIpc) is 2.51. The van der Waals surface area contributed by atoms with Crippen molar-refractivity contribution in [1.82, 2.24) is 15.5 Å². The molecule has 0 aromatic heterocycles. The number of benzene rings is 1. The second-order valence-corrected chi connectivity index (χ2v) is 6.30. The molecule has 1 rings (SSSR count). The van der Waals surface area contributed by atoms with Crippen molar-refractivity contribution in [3.05, 3.63) is 29.8 Å². The Bertz CT molecular complexity index is 498. The van der Waals surface area contributed by atoms with Crippen molar-refractivity contribution in [2.45, 2.75) is 39.8 Å². The zero-order valence-corrected chi connectivity index (χ0v) is 15.4. The van der Waals surface area contributed by atoms with Gasteiger partial charge in [0.25, 0.3) is 0 Å². The number of rotatable bonds is 8. The molecule has 0 radical (unpaired) electrons. The van der Waals surface area contributed by atoms with Gasteiger partial charge in [0.05, 0.1) is 13.2 Å². The quantitative estimate of drug-likeness (QED) is 0.571. The lowest BCUT2D eigenvalue weighted by Gasteiger charge is -2.33. The molecule has 130 valence electrons. The van der Waals surface area contributed by atoms with Gasteiger partial charge in [0, 0.05) is 24.2 Å². The van der Waals surface area contributed by atoms with E-state index < -0.39 is 0 Å². The number of aliphatic imine (C=N–C) groups is 1. The Morgan fingerprint density at radius 2 is 1.87 bits per heavy atom. The lowest BCUT2D eigenvalue weighted by molar-refractivity contribution is 0.197. The van der Waals surface area contributed by atoms with Crippen molar-refractivity contribution >= 4 is 5.96 Å². The summed E-state index contributed by atoms with van der Waals surface area (Å²) in [6, 6.07) is 8.05. The first kappa shape index (κ1) is 19.3. The van der Waals surface area contributed by atoms with Crippen LogP contribution in [0.5, 0.6) is 5.75 Å². The Hall–Kier alpha value is -1.75. The van der Waals surface area contributed by atoms with E-state index in [-0.39, 0.29) is 5.54 Å². The third-order valence-corrected chi connectivity index (χ3v) is 3.92. The van der Waals surface area contributed by atoms with Gasteiger partial charge >= 0.3 is 0 Å². The highest BCUT2D eigenvalue weighted by molar-refractivity contribution is 5.79. The fourth-order valence-electron chi connectivity index (χ4n) is 1.89. The van der Waals surface area contributed by atoms with Gasteiger partial charge in [-0.1, -0.05) is 18.2 Å². The van der Waals surface area contributed by atoms with E-state index in [9.17, 15) is 0 Å². The monoisotopic (exact) mass is 320 g/mol. The normalized spacial score (nSPS) is 12.4. The molecule has 0 spiro atoms. The maximum Gasteiger partial charge on any atom is 0.191 e. The molecule has 5 nitrogen and oxygen atoms in total. The molecule has 0 bridgehead atoms. The highest BCUT2D eigenvalue weighted by atomic mass is 16.5. The molecule has 0 fully saturated rings. The number of hydrogen-bond acceptors (Lipinski definition) is 3. The van der Waals surface area contributed by atoms with E-state index in [0.717, 1.165) is 30.4 Å². The molecule has 0 heterocycles. The summed E-state index contributed by atoms with van der Waals surface area (Å²) in [5.74, 6) is 1.73. The zero-order valence-electron chi connectivity index (χ0n) is 15.4. The van der Waals surface area contributed by atoms with Crippen LogP contribution in [0.2, 0.25) is 0 Å². The molecule has 0 aliphatic carbocycles. The van der Waals surface area contributed by atoms with Gasteiger partial charge in [-0.05, 0) is 47.9 Å². The van der Waals surface area contributed by atoms with Crippen LogP contribution in [-0.4, -0.2) is 50.2 Å². The van der Waals surface area contributed by atoms with Gasteiger partial charge in [-0.15, -0.1) is 0 Å². The number of ether oxygens (including phenoxy) is 1. The van der Waals surface area contributed by atoms with Crippen LogP contribution in [0.25, 0.3) is 0 Å². The highest BCUT2D eigenvalue weighted by Crippen LogP contribution is 2.18. The molecule has 0 amide bonds. The van der Waals surface area contributed by atoms with Gasteiger partial charge in [0.1, 0.15) is 5.75 Å². The summed E-state index contributed by atoms with van der Waals surface area (Å²) in [5.41, 5.74) is 1.15. The van der Waals surface area contributed by atoms with Crippen LogP contribution in [-0.2, 0) is 6.54 Å². The van der Waals surface area contributed by atoms with Crippen LogP contribution in [0.1, 0.15) is 33.3 Å². The van der Waals surface area contributed by atoms with Crippen molar-refractivity contribution < 1.29 is 4.74 Å². The average molecular weight is 320 g/mol. The highest BCUT2D eigenvalue weighted by Gasteiger charge is 2.20. The molecule has 0 saturated heterocycles. The van der Waals surface area contributed by atoms with E-state index in [1.807, 2.05) is 25.1 Å². The predicted octanol–water partition coefficient (Wildman–Crippen LogP) is 2.48. The molecule has 2 N–H and O–H groups in total. The summed E-state index contributed by atoms with van der Waals surface area (Å²) in [4.78, 5) is 6.89. The summed E-state index contributed by atoms with van der Waals surface area (Å²) in [5, 5.41) is 6.72. The molecule has 23 heavy (non-hydrogen) atoms.